The molecular formula is C9H8FNO3. The van der Waals surface area contributed by atoms with Gasteiger partial charge in [0.1, 0.15) is 18.1 Å². The molecule has 0 unspecified atom stereocenters. The fraction of sp³-hybridized carbons (Fsp3) is 0.111. The Morgan fingerprint density at radius 2 is 2.29 bits per heavy atom. The normalized spacial score (nSPS) is 10.6. The molecule has 0 radical (unpaired) electrons. The smallest absolute Gasteiger partial charge is 0.325 e. The van der Waals surface area contributed by atoms with Crippen LogP contribution in [-0.4, -0.2) is 28.9 Å². The SMILES string of the molecule is O=C(O)CN=Cc1cc(F)ccc1O. The van der Waals surface area contributed by atoms with E-state index < -0.39 is 18.3 Å². The van der Waals surface area contributed by atoms with Crippen molar-refractivity contribution in [2.75, 3.05) is 6.54 Å². The molecule has 0 spiro atoms. The summed E-state index contributed by atoms with van der Waals surface area (Å²) >= 11 is 0. The number of phenols is 1. The summed E-state index contributed by atoms with van der Waals surface area (Å²) in [5.41, 5.74) is 0.159. The average molecular weight is 197 g/mol. The number of rotatable bonds is 3. The van der Waals surface area contributed by atoms with E-state index in [4.69, 9.17) is 5.11 Å². The molecule has 14 heavy (non-hydrogen) atoms. The molecule has 0 saturated carbocycles. The first-order valence-corrected chi connectivity index (χ1v) is 3.80. The maximum absolute atomic E-state index is 12.6. The van der Waals surface area contributed by atoms with Gasteiger partial charge in [0.05, 0.1) is 0 Å². The fourth-order valence-corrected chi connectivity index (χ4v) is 0.851. The van der Waals surface area contributed by atoms with Crippen LogP contribution in [0, 0.1) is 5.82 Å². The number of aliphatic carboxylic acids is 1. The Kier molecular flexibility index (Phi) is 3.17. The number of carboxylic acid groups (broad SMARTS) is 1. The summed E-state index contributed by atoms with van der Waals surface area (Å²) in [4.78, 5) is 13.6. The molecule has 1 aromatic rings. The van der Waals surface area contributed by atoms with Crippen LogP contribution < -0.4 is 0 Å². The van der Waals surface area contributed by atoms with Crippen LogP contribution in [0.3, 0.4) is 0 Å². The van der Waals surface area contributed by atoms with Gasteiger partial charge >= 0.3 is 5.97 Å². The van der Waals surface area contributed by atoms with Gasteiger partial charge in [-0.05, 0) is 18.2 Å². The second kappa shape index (κ2) is 4.36. The highest BCUT2D eigenvalue weighted by atomic mass is 19.1. The average Bonchev–Trinajstić information content (AvgIpc) is 2.10. The number of hydrogen-bond donors (Lipinski definition) is 2. The quantitative estimate of drug-likeness (QED) is 0.711. The molecule has 0 saturated heterocycles. The van der Waals surface area contributed by atoms with Crippen molar-refractivity contribution in [3.63, 3.8) is 0 Å². The molecule has 0 aliphatic heterocycles. The third-order valence-electron chi connectivity index (χ3n) is 1.45. The zero-order valence-electron chi connectivity index (χ0n) is 7.14. The van der Waals surface area contributed by atoms with Crippen LogP contribution in [-0.2, 0) is 4.79 Å². The van der Waals surface area contributed by atoms with E-state index in [9.17, 15) is 14.3 Å². The Morgan fingerprint density at radius 3 is 2.93 bits per heavy atom. The Balaban J connectivity index is 2.80. The molecule has 0 amide bonds. The summed E-state index contributed by atoms with van der Waals surface area (Å²) in [5, 5.41) is 17.5. The highest BCUT2D eigenvalue weighted by Crippen LogP contribution is 2.15. The predicted molar refractivity (Wildman–Crippen MR) is 48.2 cm³/mol. The van der Waals surface area contributed by atoms with Crippen LogP contribution in [0.15, 0.2) is 23.2 Å². The van der Waals surface area contributed by atoms with E-state index in [1.165, 1.54) is 6.07 Å². The maximum Gasteiger partial charge on any atom is 0.325 e. The van der Waals surface area contributed by atoms with Gasteiger partial charge < -0.3 is 10.2 Å². The van der Waals surface area contributed by atoms with Crippen LogP contribution >= 0.6 is 0 Å². The molecule has 0 bridgehead atoms. The number of nitrogens with zero attached hydrogens (tertiary/aromatic N) is 1. The molecule has 0 aliphatic rings. The number of halogens is 1. The number of carboxylic acids is 1. The van der Waals surface area contributed by atoms with Gasteiger partial charge in [0.15, 0.2) is 0 Å². The molecule has 4 nitrogen and oxygen atoms in total. The molecule has 0 atom stereocenters. The predicted octanol–water partition coefficient (Wildman–Crippen LogP) is 1.03. The first-order valence-electron chi connectivity index (χ1n) is 3.80. The molecule has 1 aromatic carbocycles. The Labute approximate surface area is 79.3 Å². The van der Waals surface area contributed by atoms with Gasteiger partial charge in [-0.3, -0.25) is 9.79 Å². The second-order valence-electron chi connectivity index (χ2n) is 2.57. The minimum Gasteiger partial charge on any atom is -0.507 e. The van der Waals surface area contributed by atoms with E-state index >= 15 is 0 Å². The molecule has 5 heteroatoms. The van der Waals surface area contributed by atoms with Crippen LogP contribution in [0.2, 0.25) is 0 Å². The van der Waals surface area contributed by atoms with Crippen LogP contribution in [0.25, 0.3) is 0 Å². The second-order valence-corrected chi connectivity index (χ2v) is 2.57. The summed E-state index contributed by atoms with van der Waals surface area (Å²) in [5.74, 6) is -1.74. The zero-order valence-corrected chi connectivity index (χ0v) is 7.14. The third-order valence-corrected chi connectivity index (χ3v) is 1.45. The van der Waals surface area contributed by atoms with Gasteiger partial charge in [-0.25, -0.2) is 4.39 Å². The number of aliphatic imine (C=N–C) groups is 1. The molecule has 0 heterocycles. The van der Waals surface area contributed by atoms with Gasteiger partial charge in [0, 0.05) is 11.8 Å². The molecule has 1 rings (SSSR count). The van der Waals surface area contributed by atoms with E-state index in [0.717, 1.165) is 18.3 Å². The number of carbonyl (C=O) groups is 1. The molecule has 0 fully saturated rings. The van der Waals surface area contributed by atoms with Crippen molar-refractivity contribution in [2.24, 2.45) is 4.99 Å². The topological polar surface area (TPSA) is 69.9 Å². The summed E-state index contributed by atoms with van der Waals surface area (Å²) in [7, 11) is 0. The fourth-order valence-electron chi connectivity index (χ4n) is 0.851. The first-order chi connectivity index (χ1) is 6.59. The third kappa shape index (κ3) is 2.85. The van der Waals surface area contributed by atoms with Crippen molar-refractivity contribution >= 4 is 12.2 Å². The lowest BCUT2D eigenvalue weighted by molar-refractivity contribution is -0.135. The van der Waals surface area contributed by atoms with Crippen LogP contribution in [0.5, 0.6) is 5.75 Å². The number of benzene rings is 1. The highest BCUT2D eigenvalue weighted by Gasteiger charge is 1.99. The zero-order chi connectivity index (χ0) is 10.6. The van der Waals surface area contributed by atoms with E-state index in [1.807, 2.05) is 0 Å². The van der Waals surface area contributed by atoms with Gasteiger partial charge in [0.25, 0.3) is 0 Å². The molecule has 74 valence electrons. The first kappa shape index (κ1) is 10.2. The van der Waals surface area contributed by atoms with Crippen molar-refractivity contribution in [3.8, 4) is 5.75 Å². The number of hydrogen-bond acceptors (Lipinski definition) is 3. The summed E-state index contributed by atoms with van der Waals surface area (Å²) in [6.45, 7) is -0.407. The molecule has 0 aliphatic carbocycles. The largest absolute Gasteiger partial charge is 0.507 e. The highest BCUT2D eigenvalue weighted by molar-refractivity contribution is 5.84. The lowest BCUT2D eigenvalue weighted by Crippen LogP contribution is -1.99. The van der Waals surface area contributed by atoms with E-state index in [0.29, 0.717) is 0 Å². The minimum atomic E-state index is -1.09. The monoisotopic (exact) mass is 197 g/mol. The van der Waals surface area contributed by atoms with E-state index in [1.54, 1.807) is 0 Å². The Hall–Kier alpha value is -1.91. The number of aromatic hydroxyl groups is 1. The molecular weight excluding hydrogens is 189 g/mol. The van der Waals surface area contributed by atoms with Gasteiger partial charge in [-0.15, -0.1) is 0 Å². The minimum absolute atomic E-state index is 0.138. The molecule has 0 aromatic heterocycles. The van der Waals surface area contributed by atoms with Crippen molar-refractivity contribution in [2.45, 2.75) is 0 Å². The lowest BCUT2D eigenvalue weighted by atomic mass is 10.2. The lowest BCUT2D eigenvalue weighted by Gasteiger charge is -1.97. The standard InChI is InChI=1S/C9H8FNO3/c10-7-1-2-8(12)6(3-7)4-11-5-9(13)14/h1-4,12H,5H2,(H,13,14). The van der Waals surface area contributed by atoms with Gasteiger partial charge in [-0.1, -0.05) is 0 Å². The summed E-state index contributed by atoms with van der Waals surface area (Å²) < 4.78 is 12.6. The van der Waals surface area contributed by atoms with Crippen molar-refractivity contribution < 1.29 is 19.4 Å². The summed E-state index contributed by atoms with van der Waals surface area (Å²) in [6, 6.07) is 3.35. The van der Waals surface area contributed by atoms with E-state index in [2.05, 4.69) is 4.99 Å². The summed E-state index contributed by atoms with van der Waals surface area (Å²) in [6.07, 6.45) is 1.12. The Morgan fingerprint density at radius 1 is 1.57 bits per heavy atom. The van der Waals surface area contributed by atoms with Crippen LogP contribution in [0.1, 0.15) is 5.56 Å². The van der Waals surface area contributed by atoms with Gasteiger partial charge in [-0.2, -0.15) is 0 Å². The number of phenolic OH excluding ortho intramolecular Hbond substituents is 1. The van der Waals surface area contributed by atoms with Gasteiger partial charge in [0.2, 0.25) is 0 Å². The van der Waals surface area contributed by atoms with E-state index in [-0.39, 0.29) is 11.3 Å². The molecule has 2 N–H and O–H groups in total. The maximum atomic E-state index is 12.6. The van der Waals surface area contributed by atoms with Crippen molar-refractivity contribution in [1.29, 1.82) is 0 Å². The Bertz CT molecular complexity index is 376. The van der Waals surface area contributed by atoms with Crippen molar-refractivity contribution in [3.05, 3.63) is 29.6 Å². The van der Waals surface area contributed by atoms with Crippen LogP contribution in [0.4, 0.5) is 4.39 Å². The van der Waals surface area contributed by atoms with Crippen molar-refractivity contribution in [1.82, 2.24) is 0 Å².